The summed E-state index contributed by atoms with van der Waals surface area (Å²) in [6, 6.07) is 12.5. The number of benzene rings is 1. The summed E-state index contributed by atoms with van der Waals surface area (Å²) in [4.78, 5) is 0. The van der Waals surface area contributed by atoms with E-state index in [1.54, 1.807) is 5.19 Å². The molecule has 0 spiro atoms. The Morgan fingerprint density at radius 3 is 2.69 bits per heavy atom. The molecule has 3 heteroatoms. The molecule has 1 saturated heterocycles. The van der Waals surface area contributed by atoms with Crippen LogP contribution in [0.25, 0.3) is 0 Å². The van der Waals surface area contributed by atoms with Gasteiger partial charge in [0.1, 0.15) is 7.59 Å². The van der Waals surface area contributed by atoms with Crippen molar-refractivity contribution in [1.29, 1.82) is 0 Å². The zero-order valence-electron chi connectivity index (χ0n) is 8.12. The third kappa shape index (κ3) is 1.92. The van der Waals surface area contributed by atoms with Crippen LogP contribution in [0.1, 0.15) is 6.42 Å². The summed E-state index contributed by atoms with van der Waals surface area (Å²) in [7, 11) is -1.33. The molecule has 1 aliphatic rings. The third-order valence-corrected chi connectivity index (χ3v) is 12.0. The van der Waals surface area contributed by atoms with Crippen molar-refractivity contribution < 1.29 is 4.43 Å². The van der Waals surface area contributed by atoms with E-state index in [4.69, 9.17) is 4.43 Å². The molecule has 1 aliphatic heterocycles. The maximum Gasteiger partial charge on any atom is 0.156 e. The summed E-state index contributed by atoms with van der Waals surface area (Å²) >= 11 is 0. The summed E-state index contributed by atoms with van der Waals surface area (Å²) in [5.74, 6) is 0. The minimum absolute atomic E-state index is 0.233. The lowest BCUT2D eigenvalue weighted by Gasteiger charge is -2.31. The Morgan fingerprint density at radius 2 is 2.08 bits per heavy atom. The third-order valence-electron chi connectivity index (χ3n) is 2.91. The van der Waals surface area contributed by atoms with Crippen molar-refractivity contribution in [3.63, 3.8) is 0 Å². The van der Waals surface area contributed by atoms with E-state index in [1.165, 1.54) is 12.5 Å². The molecule has 70 valence electrons. The lowest BCUT2D eigenvalue weighted by molar-refractivity contribution is 0.334. The molecule has 1 unspecified atom stereocenters. The average Bonchev–Trinajstić information content (AvgIpc) is 2.20. The van der Waals surface area contributed by atoms with Gasteiger partial charge in [0.15, 0.2) is 9.28 Å². The highest BCUT2D eigenvalue weighted by Crippen LogP contribution is 2.16. The Morgan fingerprint density at radius 1 is 1.31 bits per heavy atom. The highest BCUT2D eigenvalue weighted by Gasteiger charge is 2.32. The molecule has 0 aromatic heterocycles. The van der Waals surface area contributed by atoms with Gasteiger partial charge in [0, 0.05) is 6.61 Å². The van der Waals surface area contributed by atoms with Gasteiger partial charge in [0.2, 0.25) is 0 Å². The van der Waals surface area contributed by atoms with Crippen LogP contribution >= 0.6 is 0 Å². The molecular formula is C10H16OSi2. The molecule has 0 N–H and O–H groups in total. The van der Waals surface area contributed by atoms with Crippen LogP contribution in [0.4, 0.5) is 0 Å². The Balaban J connectivity index is 2.23. The van der Waals surface area contributed by atoms with Crippen molar-refractivity contribution in [3.8, 4) is 0 Å². The van der Waals surface area contributed by atoms with Crippen LogP contribution in [0.15, 0.2) is 30.3 Å². The molecule has 0 aliphatic carbocycles. The molecule has 1 fully saturated rings. The van der Waals surface area contributed by atoms with Gasteiger partial charge in [-0.05, 0) is 6.42 Å². The van der Waals surface area contributed by atoms with Gasteiger partial charge in [0.05, 0.1) is 0 Å². The van der Waals surface area contributed by atoms with E-state index in [2.05, 4.69) is 36.9 Å². The van der Waals surface area contributed by atoms with Gasteiger partial charge in [0.25, 0.3) is 0 Å². The van der Waals surface area contributed by atoms with E-state index in [9.17, 15) is 0 Å². The van der Waals surface area contributed by atoms with Gasteiger partial charge in [-0.3, -0.25) is 0 Å². The van der Waals surface area contributed by atoms with Crippen LogP contribution in [-0.2, 0) is 4.43 Å². The summed E-state index contributed by atoms with van der Waals surface area (Å²) in [5, 5.41) is 1.61. The molecule has 2 rings (SSSR count). The van der Waals surface area contributed by atoms with E-state index >= 15 is 0 Å². The van der Waals surface area contributed by atoms with E-state index < -0.39 is 7.59 Å². The predicted octanol–water partition coefficient (Wildman–Crippen LogP) is 0.973. The number of rotatable bonds is 1. The molecule has 0 saturated carbocycles. The smallest absolute Gasteiger partial charge is 0.156 e. The normalized spacial score (nSPS) is 30.5. The SMILES string of the molecule is C[Si]1(c2ccccc2)CCCO[SiH2]1. The first-order valence-corrected chi connectivity index (χ1v) is 10.6. The fourth-order valence-electron chi connectivity index (χ4n) is 2.00. The Labute approximate surface area is 82.9 Å². The average molecular weight is 208 g/mol. The lowest BCUT2D eigenvalue weighted by atomic mass is 10.4. The van der Waals surface area contributed by atoms with Gasteiger partial charge in [-0.25, -0.2) is 0 Å². The Kier molecular flexibility index (Phi) is 2.67. The second-order valence-electron chi connectivity index (χ2n) is 4.08. The first-order chi connectivity index (χ1) is 6.31. The fraction of sp³-hybridized carbons (Fsp3) is 0.400. The Hall–Kier alpha value is -0.386. The van der Waals surface area contributed by atoms with E-state index in [0.717, 1.165) is 6.61 Å². The number of hydrogen-bond acceptors (Lipinski definition) is 1. The molecule has 1 heterocycles. The van der Waals surface area contributed by atoms with Crippen LogP contribution in [-0.4, -0.2) is 23.5 Å². The zero-order chi connectivity index (χ0) is 9.15. The van der Waals surface area contributed by atoms with E-state index in [0.29, 0.717) is 0 Å². The first-order valence-electron chi connectivity index (χ1n) is 4.95. The molecule has 13 heavy (non-hydrogen) atoms. The lowest BCUT2D eigenvalue weighted by Crippen LogP contribution is -2.54. The molecule has 1 atom stereocenters. The van der Waals surface area contributed by atoms with Crippen molar-refractivity contribution in [3.05, 3.63) is 30.3 Å². The molecule has 0 bridgehead atoms. The Bertz CT molecular complexity index is 268. The van der Waals surface area contributed by atoms with Gasteiger partial charge in [-0.2, -0.15) is 0 Å². The first kappa shape index (κ1) is 9.18. The topological polar surface area (TPSA) is 9.23 Å². The predicted molar refractivity (Wildman–Crippen MR) is 61.6 cm³/mol. The van der Waals surface area contributed by atoms with Crippen molar-refractivity contribution in [2.45, 2.75) is 19.0 Å². The van der Waals surface area contributed by atoms with Crippen LogP contribution in [0.2, 0.25) is 12.6 Å². The van der Waals surface area contributed by atoms with Crippen LogP contribution in [0.3, 0.4) is 0 Å². The zero-order valence-corrected chi connectivity index (χ0v) is 10.5. The van der Waals surface area contributed by atoms with E-state index in [1.807, 2.05) is 0 Å². The molecular weight excluding hydrogens is 192 g/mol. The van der Waals surface area contributed by atoms with E-state index in [-0.39, 0.29) is 9.28 Å². The highest BCUT2D eigenvalue weighted by atomic mass is 29.2. The van der Waals surface area contributed by atoms with Gasteiger partial charge in [-0.15, -0.1) is 0 Å². The van der Waals surface area contributed by atoms with Gasteiger partial charge >= 0.3 is 0 Å². The minimum atomic E-state index is -1.10. The summed E-state index contributed by atoms with van der Waals surface area (Å²) in [6.07, 6.45) is 1.28. The molecule has 0 radical (unpaired) electrons. The maximum absolute atomic E-state index is 5.74. The summed E-state index contributed by atoms with van der Waals surface area (Å²) < 4.78 is 5.74. The quantitative estimate of drug-likeness (QED) is 0.625. The fourth-order valence-corrected chi connectivity index (χ4v) is 9.50. The molecule has 0 amide bonds. The highest BCUT2D eigenvalue weighted by molar-refractivity contribution is 7.29. The monoisotopic (exact) mass is 208 g/mol. The van der Waals surface area contributed by atoms with Crippen molar-refractivity contribution in [2.75, 3.05) is 6.61 Å². The van der Waals surface area contributed by atoms with Crippen LogP contribution < -0.4 is 5.19 Å². The maximum atomic E-state index is 5.74. The number of hydrogen-bond donors (Lipinski definition) is 0. The largest absolute Gasteiger partial charge is 0.427 e. The standard InChI is InChI=1S/C10H16OSi2/c1-13(9-5-8-11-12-13)10-6-3-2-4-7-10/h2-4,6-7H,5,8-9,12H2,1H3. The molecule has 1 aromatic carbocycles. The summed E-state index contributed by atoms with van der Waals surface area (Å²) in [5.41, 5.74) is 0. The van der Waals surface area contributed by atoms with Gasteiger partial charge in [-0.1, -0.05) is 48.1 Å². The summed E-state index contributed by atoms with van der Waals surface area (Å²) in [6.45, 7) is 3.52. The molecule has 1 aromatic rings. The van der Waals surface area contributed by atoms with Crippen LogP contribution in [0, 0.1) is 0 Å². The van der Waals surface area contributed by atoms with Gasteiger partial charge < -0.3 is 4.43 Å². The van der Waals surface area contributed by atoms with Crippen molar-refractivity contribution in [1.82, 2.24) is 0 Å². The molecule has 1 nitrogen and oxygen atoms in total. The van der Waals surface area contributed by atoms with Crippen molar-refractivity contribution in [2.24, 2.45) is 0 Å². The minimum Gasteiger partial charge on any atom is -0.427 e. The second-order valence-corrected chi connectivity index (χ2v) is 14.5. The second kappa shape index (κ2) is 3.78. The van der Waals surface area contributed by atoms with Crippen molar-refractivity contribution >= 4 is 22.1 Å². The van der Waals surface area contributed by atoms with Crippen LogP contribution in [0.5, 0.6) is 0 Å².